The Bertz CT molecular complexity index is 612. The molecule has 2 N–H and O–H groups in total. The first-order chi connectivity index (χ1) is 9.61. The Hall–Kier alpha value is -1.87. The summed E-state index contributed by atoms with van der Waals surface area (Å²) in [7, 11) is 0. The molecule has 0 aliphatic carbocycles. The molecule has 3 nitrogen and oxygen atoms in total. The molecule has 20 heavy (non-hydrogen) atoms. The van der Waals surface area contributed by atoms with Crippen LogP contribution in [0.3, 0.4) is 0 Å². The fourth-order valence-corrected chi connectivity index (χ4v) is 2.63. The van der Waals surface area contributed by atoms with Gasteiger partial charge in [0.2, 0.25) is 0 Å². The molecule has 1 unspecified atom stereocenters. The van der Waals surface area contributed by atoms with E-state index in [9.17, 15) is 0 Å². The molecule has 0 bridgehead atoms. The molecule has 2 aromatic carbocycles. The van der Waals surface area contributed by atoms with Crippen molar-refractivity contribution in [3.05, 3.63) is 53.1 Å². The van der Waals surface area contributed by atoms with Crippen LogP contribution in [-0.4, -0.2) is 12.6 Å². The first-order valence-electron chi connectivity index (χ1n) is 6.67. The van der Waals surface area contributed by atoms with Crippen molar-refractivity contribution in [3.63, 3.8) is 0 Å². The van der Waals surface area contributed by atoms with Crippen LogP contribution >= 0.6 is 11.6 Å². The normalized spacial score (nSPS) is 17.5. The van der Waals surface area contributed by atoms with Crippen molar-refractivity contribution < 1.29 is 4.74 Å². The fraction of sp³-hybridized carbons (Fsp3) is 0.250. The molecule has 0 saturated carbocycles. The molecule has 1 aliphatic rings. The van der Waals surface area contributed by atoms with Gasteiger partial charge in [0.25, 0.3) is 0 Å². The van der Waals surface area contributed by atoms with Crippen LogP contribution in [0.4, 0.5) is 11.4 Å². The van der Waals surface area contributed by atoms with Gasteiger partial charge in [-0.3, -0.25) is 0 Å². The van der Waals surface area contributed by atoms with E-state index in [1.54, 1.807) is 0 Å². The highest BCUT2D eigenvalue weighted by atomic mass is 35.5. The van der Waals surface area contributed by atoms with Crippen LogP contribution in [0.5, 0.6) is 5.75 Å². The van der Waals surface area contributed by atoms with E-state index in [4.69, 9.17) is 22.1 Å². The van der Waals surface area contributed by atoms with Crippen molar-refractivity contribution in [2.45, 2.75) is 19.6 Å². The highest BCUT2D eigenvalue weighted by molar-refractivity contribution is 6.30. The number of ether oxygens (including phenoxy) is 1. The van der Waals surface area contributed by atoms with Gasteiger partial charge in [0.1, 0.15) is 11.9 Å². The van der Waals surface area contributed by atoms with E-state index in [0.29, 0.717) is 0 Å². The van der Waals surface area contributed by atoms with Gasteiger partial charge < -0.3 is 15.4 Å². The predicted molar refractivity (Wildman–Crippen MR) is 83.4 cm³/mol. The number of hydrogen-bond donors (Lipinski definition) is 1. The molecular formula is C16H17ClN2O. The Balaban J connectivity index is 1.88. The lowest BCUT2D eigenvalue weighted by molar-refractivity contribution is 0.212. The maximum absolute atomic E-state index is 5.93. The number of halogens is 1. The second-order valence-electron chi connectivity index (χ2n) is 5.16. The summed E-state index contributed by atoms with van der Waals surface area (Å²) in [5.41, 5.74) is 8.87. The third-order valence-electron chi connectivity index (χ3n) is 3.42. The Morgan fingerprint density at radius 2 is 2.00 bits per heavy atom. The molecule has 1 aliphatic heterocycles. The van der Waals surface area contributed by atoms with Crippen LogP contribution in [-0.2, 0) is 6.54 Å². The Morgan fingerprint density at radius 1 is 1.25 bits per heavy atom. The quantitative estimate of drug-likeness (QED) is 0.856. The molecule has 1 heterocycles. The van der Waals surface area contributed by atoms with Gasteiger partial charge in [0, 0.05) is 23.3 Å². The lowest BCUT2D eigenvalue weighted by atomic mass is 10.1. The summed E-state index contributed by atoms with van der Waals surface area (Å²) in [6.07, 6.45) is 0.150. The van der Waals surface area contributed by atoms with E-state index in [-0.39, 0.29) is 6.10 Å². The van der Waals surface area contributed by atoms with Crippen LogP contribution in [0, 0.1) is 0 Å². The number of nitrogen functional groups attached to an aromatic ring is 1. The standard InChI is InChI=1S/C16H17ClN2O/c1-11-9-19(10-12-2-4-13(17)5-3-12)15-7-6-14(18)8-16(15)20-11/h2-8,11H,9-10,18H2,1H3. The zero-order chi connectivity index (χ0) is 14.1. The van der Waals surface area contributed by atoms with E-state index in [2.05, 4.69) is 24.0 Å². The van der Waals surface area contributed by atoms with Crippen molar-refractivity contribution in [1.82, 2.24) is 0 Å². The smallest absolute Gasteiger partial charge is 0.145 e. The maximum Gasteiger partial charge on any atom is 0.145 e. The average Bonchev–Trinajstić information content (AvgIpc) is 2.40. The maximum atomic E-state index is 5.93. The Labute approximate surface area is 123 Å². The van der Waals surface area contributed by atoms with Crippen LogP contribution in [0.25, 0.3) is 0 Å². The molecule has 0 amide bonds. The predicted octanol–water partition coefficient (Wildman–Crippen LogP) is 3.71. The minimum atomic E-state index is 0.150. The Morgan fingerprint density at radius 3 is 2.75 bits per heavy atom. The molecule has 104 valence electrons. The third kappa shape index (κ3) is 2.68. The molecule has 0 radical (unpaired) electrons. The van der Waals surface area contributed by atoms with Gasteiger partial charge in [-0.05, 0) is 36.8 Å². The first kappa shape index (κ1) is 13.1. The number of fused-ring (bicyclic) bond motifs is 1. The van der Waals surface area contributed by atoms with Gasteiger partial charge >= 0.3 is 0 Å². The van der Waals surface area contributed by atoms with E-state index in [0.717, 1.165) is 35.2 Å². The van der Waals surface area contributed by atoms with Crippen LogP contribution in [0.1, 0.15) is 12.5 Å². The molecule has 1 atom stereocenters. The van der Waals surface area contributed by atoms with Gasteiger partial charge in [-0.1, -0.05) is 23.7 Å². The molecule has 4 heteroatoms. The summed E-state index contributed by atoms with van der Waals surface area (Å²) < 4.78 is 5.86. The summed E-state index contributed by atoms with van der Waals surface area (Å²) in [5, 5.41) is 0.761. The van der Waals surface area contributed by atoms with E-state index in [1.807, 2.05) is 30.3 Å². The van der Waals surface area contributed by atoms with E-state index in [1.165, 1.54) is 5.56 Å². The highest BCUT2D eigenvalue weighted by Gasteiger charge is 2.23. The molecule has 0 spiro atoms. The van der Waals surface area contributed by atoms with Gasteiger partial charge in [0.05, 0.1) is 12.2 Å². The average molecular weight is 289 g/mol. The van der Waals surface area contributed by atoms with Crippen molar-refractivity contribution >= 4 is 23.0 Å². The van der Waals surface area contributed by atoms with Gasteiger partial charge in [-0.15, -0.1) is 0 Å². The number of hydrogen-bond acceptors (Lipinski definition) is 3. The SMILES string of the molecule is CC1CN(Cc2ccc(Cl)cc2)c2ccc(N)cc2O1. The zero-order valence-corrected chi connectivity index (χ0v) is 12.1. The minimum absolute atomic E-state index is 0.150. The van der Waals surface area contributed by atoms with Crippen LogP contribution in [0.15, 0.2) is 42.5 Å². The van der Waals surface area contributed by atoms with E-state index >= 15 is 0 Å². The fourth-order valence-electron chi connectivity index (χ4n) is 2.51. The number of nitrogens with two attached hydrogens (primary N) is 1. The van der Waals surface area contributed by atoms with Crippen molar-refractivity contribution in [2.75, 3.05) is 17.2 Å². The number of rotatable bonds is 2. The van der Waals surface area contributed by atoms with Crippen LogP contribution < -0.4 is 15.4 Å². The summed E-state index contributed by atoms with van der Waals surface area (Å²) >= 11 is 5.93. The Kier molecular flexibility index (Phi) is 3.45. The summed E-state index contributed by atoms with van der Waals surface area (Å²) in [5.74, 6) is 0.859. The molecular weight excluding hydrogens is 272 g/mol. The topological polar surface area (TPSA) is 38.5 Å². The lowest BCUT2D eigenvalue weighted by Gasteiger charge is -2.35. The summed E-state index contributed by atoms with van der Waals surface area (Å²) in [6, 6.07) is 13.8. The monoisotopic (exact) mass is 288 g/mol. The van der Waals surface area contributed by atoms with Gasteiger partial charge in [0.15, 0.2) is 0 Å². The van der Waals surface area contributed by atoms with Crippen LogP contribution in [0.2, 0.25) is 5.02 Å². The lowest BCUT2D eigenvalue weighted by Crippen LogP contribution is -2.37. The number of benzene rings is 2. The first-order valence-corrected chi connectivity index (χ1v) is 7.05. The largest absolute Gasteiger partial charge is 0.487 e. The molecule has 2 aromatic rings. The van der Waals surface area contributed by atoms with Crippen molar-refractivity contribution in [3.8, 4) is 5.75 Å². The number of nitrogens with zero attached hydrogens (tertiary/aromatic N) is 1. The highest BCUT2D eigenvalue weighted by Crippen LogP contribution is 2.35. The molecule has 0 fully saturated rings. The zero-order valence-electron chi connectivity index (χ0n) is 11.3. The van der Waals surface area contributed by atoms with Gasteiger partial charge in [-0.25, -0.2) is 0 Å². The van der Waals surface area contributed by atoms with Gasteiger partial charge in [-0.2, -0.15) is 0 Å². The minimum Gasteiger partial charge on any atom is -0.487 e. The second kappa shape index (κ2) is 5.25. The third-order valence-corrected chi connectivity index (χ3v) is 3.67. The number of anilines is 2. The molecule has 0 saturated heterocycles. The van der Waals surface area contributed by atoms with Crippen molar-refractivity contribution in [2.24, 2.45) is 0 Å². The summed E-state index contributed by atoms with van der Waals surface area (Å²) in [6.45, 7) is 3.77. The molecule has 3 rings (SSSR count). The summed E-state index contributed by atoms with van der Waals surface area (Å²) in [4.78, 5) is 2.31. The second-order valence-corrected chi connectivity index (χ2v) is 5.60. The van der Waals surface area contributed by atoms with E-state index < -0.39 is 0 Å². The van der Waals surface area contributed by atoms with Crippen molar-refractivity contribution in [1.29, 1.82) is 0 Å². The molecule has 0 aromatic heterocycles.